The number of nitrogens with zero attached hydrogens (tertiary/aromatic N) is 2. The summed E-state index contributed by atoms with van der Waals surface area (Å²) in [6.45, 7) is 7.73. The zero-order valence-electron chi connectivity index (χ0n) is 17.4. The molecule has 2 heterocycles. The van der Waals surface area contributed by atoms with Crippen molar-refractivity contribution in [3.63, 3.8) is 0 Å². The second-order valence-electron chi connectivity index (χ2n) is 7.83. The number of methoxy groups -OCH3 is 1. The maximum atomic E-state index is 13.6. The fourth-order valence-corrected chi connectivity index (χ4v) is 4.08. The van der Waals surface area contributed by atoms with Gasteiger partial charge in [-0.25, -0.2) is 0 Å². The van der Waals surface area contributed by atoms with Gasteiger partial charge in [0.2, 0.25) is 0 Å². The van der Waals surface area contributed by atoms with Crippen LogP contribution in [0.5, 0.6) is 5.75 Å². The Bertz CT molecular complexity index is 972. The third kappa shape index (κ3) is 3.41. The molecule has 4 rings (SSSR count). The number of ether oxygens (including phenoxy) is 1. The number of amides is 1. The highest BCUT2D eigenvalue weighted by molar-refractivity contribution is 6.53. The maximum Gasteiger partial charge on any atom is 0.277 e. The average molecular weight is 389 g/mol. The third-order valence-corrected chi connectivity index (χ3v) is 5.52. The first-order valence-electron chi connectivity index (χ1n) is 10.1. The predicted octanol–water partition coefficient (Wildman–Crippen LogP) is 4.05. The first kappa shape index (κ1) is 19.2. The van der Waals surface area contributed by atoms with Crippen LogP contribution in [-0.2, 0) is 4.79 Å². The normalized spacial score (nSPS) is 19.1. The van der Waals surface area contributed by atoms with E-state index in [0.717, 1.165) is 34.8 Å². The minimum Gasteiger partial charge on any atom is -0.497 e. The quantitative estimate of drug-likeness (QED) is 0.858. The molecule has 1 saturated heterocycles. The zero-order chi connectivity index (χ0) is 20.5. The van der Waals surface area contributed by atoms with Crippen LogP contribution in [0.3, 0.4) is 0 Å². The number of aliphatic imine (C=N–C) groups is 1. The lowest BCUT2D eigenvalue weighted by molar-refractivity contribution is -0.112. The lowest BCUT2D eigenvalue weighted by Gasteiger charge is -2.27. The van der Waals surface area contributed by atoms with Crippen molar-refractivity contribution in [2.24, 2.45) is 10.9 Å². The number of fused-ring (bicyclic) bond motifs is 1. The fraction of sp³-hybridized carbons (Fsp3) is 0.333. The van der Waals surface area contributed by atoms with Crippen molar-refractivity contribution in [1.29, 1.82) is 0 Å². The highest BCUT2D eigenvalue weighted by Crippen LogP contribution is 2.42. The van der Waals surface area contributed by atoms with Gasteiger partial charge in [-0.05, 0) is 42.7 Å². The van der Waals surface area contributed by atoms with Crippen molar-refractivity contribution >= 4 is 17.3 Å². The molecule has 150 valence electrons. The van der Waals surface area contributed by atoms with Crippen LogP contribution in [0.25, 0.3) is 0 Å². The Morgan fingerprint density at radius 2 is 1.79 bits per heavy atom. The molecular weight excluding hydrogens is 362 g/mol. The summed E-state index contributed by atoms with van der Waals surface area (Å²) in [5.74, 6) is 0.991. The number of hydrogen-bond donors (Lipinski definition) is 1. The summed E-state index contributed by atoms with van der Waals surface area (Å²) in [4.78, 5) is 20.1. The van der Waals surface area contributed by atoms with E-state index in [-0.39, 0.29) is 17.9 Å². The maximum absolute atomic E-state index is 13.6. The van der Waals surface area contributed by atoms with Crippen LogP contribution in [0.2, 0.25) is 0 Å². The van der Waals surface area contributed by atoms with Crippen molar-refractivity contribution in [1.82, 2.24) is 5.32 Å². The first-order chi connectivity index (χ1) is 14.0. The summed E-state index contributed by atoms with van der Waals surface area (Å²) in [6.07, 6.45) is 0. The molecule has 0 aromatic heterocycles. The van der Waals surface area contributed by atoms with Gasteiger partial charge in [0.05, 0.1) is 19.7 Å². The largest absolute Gasteiger partial charge is 0.497 e. The van der Waals surface area contributed by atoms with Crippen LogP contribution in [0.1, 0.15) is 31.0 Å². The van der Waals surface area contributed by atoms with E-state index in [1.165, 1.54) is 5.56 Å². The Hall–Kier alpha value is -3.08. The summed E-state index contributed by atoms with van der Waals surface area (Å²) in [5.41, 5.74) is 5.81. The van der Waals surface area contributed by atoms with Gasteiger partial charge in [0.15, 0.2) is 0 Å². The minimum absolute atomic E-state index is 0.0439. The van der Waals surface area contributed by atoms with E-state index in [1.807, 2.05) is 29.2 Å². The van der Waals surface area contributed by atoms with Gasteiger partial charge in [-0.1, -0.05) is 43.7 Å². The molecule has 2 aliphatic heterocycles. The lowest BCUT2D eigenvalue weighted by atomic mass is 9.92. The number of rotatable bonds is 4. The van der Waals surface area contributed by atoms with Gasteiger partial charge < -0.3 is 10.1 Å². The van der Waals surface area contributed by atoms with Crippen molar-refractivity contribution < 1.29 is 9.53 Å². The van der Waals surface area contributed by atoms with Crippen LogP contribution >= 0.6 is 0 Å². The highest BCUT2D eigenvalue weighted by atomic mass is 16.5. The van der Waals surface area contributed by atoms with Crippen molar-refractivity contribution in [3.8, 4) is 5.75 Å². The highest BCUT2D eigenvalue weighted by Gasteiger charge is 2.45. The molecule has 0 bridgehead atoms. The smallest absolute Gasteiger partial charge is 0.277 e. The molecule has 1 N–H and O–H groups in total. The third-order valence-electron chi connectivity index (χ3n) is 5.52. The van der Waals surface area contributed by atoms with Gasteiger partial charge in [-0.3, -0.25) is 14.7 Å². The number of nitrogens with one attached hydrogen (secondary N) is 1. The molecule has 0 saturated carbocycles. The first-order valence-corrected chi connectivity index (χ1v) is 10.1. The average Bonchev–Trinajstić information content (AvgIpc) is 2.87. The molecule has 1 fully saturated rings. The Morgan fingerprint density at radius 3 is 2.41 bits per heavy atom. The number of anilines is 1. The molecule has 1 amide bonds. The monoisotopic (exact) mass is 389 g/mol. The van der Waals surface area contributed by atoms with E-state index in [0.29, 0.717) is 12.3 Å². The SMILES string of the molecule is COc1ccc(N2C(=O)C3=NCCNC(C(C)C)=C3C2c2ccc(C)cc2)cc1. The van der Waals surface area contributed by atoms with E-state index in [1.54, 1.807) is 7.11 Å². The second kappa shape index (κ2) is 7.74. The van der Waals surface area contributed by atoms with Gasteiger partial charge in [-0.15, -0.1) is 0 Å². The van der Waals surface area contributed by atoms with E-state index in [4.69, 9.17) is 4.74 Å². The summed E-state index contributed by atoms with van der Waals surface area (Å²) >= 11 is 0. The number of carbonyl (C=O) groups is 1. The van der Waals surface area contributed by atoms with Crippen LogP contribution in [0.4, 0.5) is 5.69 Å². The molecule has 2 aromatic rings. The molecule has 1 atom stereocenters. The van der Waals surface area contributed by atoms with Crippen molar-refractivity contribution in [2.45, 2.75) is 26.8 Å². The van der Waals surface area contributed by atoms with E-state index < -0.39 is 0 Å². The number of benzene rings is 2. The van der Waals surface area contributed by atoms with E-state index >= 15 is 0 Å². The molecule has 2 aliphatic rings. The number of allylic oxidation sites excluding steroid dienone is 1. The molecule has 1 unspecified atom stereocenters. The van der Waals surface area contributed by atoms with Gasteiger partial charge in [0, 0.05) is 23.5 Å². The number of carbonyl (C=O) groups excluding carboxylic acids is 1. The lowest BCUT2D eigenvalue weighted by Crippen LogP contribution is -2.30. The predicted molar refractivity (Wildman–Crippen MR) is 117 cm³/mol. The van der Waals surface area contributed by atoms with Crippen LogP contribution in [0, 0.1) is 12.8 Å². The topological polar surface area (TPSA) is 53.9 Å². The Labute approximate surface area is 172 Å². The molecule has 5 nitrogen and oxygen atoms in total. The molecule has 29 heavy (non-hydrogen) atoms. The summed E-state index contributed by atoms with van der Waals surface area (Å²) in [5, 5.41) is 3.54. The molecule has 2 aromatic carbocycles. The van der Waals surface area contributed by atoms with Crippen LogP contribution < -0.4 is 15.0 Å². The molecule has 5 heteroatoms. The summed E-state index contributed by atoms with van der Waals surface area (Å²) < 4.78 is 5.30. The zero-order valence-corrected chi connectivity index (χ0v) is 17.4. The molecule has 0 spiro atoms. The van der Waals surface area contributed by atoms with E-state index in [9.17, 15) is 4.79 Å². The summed E-state index contributed by atoms with van der Waals surface area (Å²) in [7, 11) is 1.64. The minimum atomic E-state index is -0.210. The second-order valence-corrected chi connectivity index (χ2v) is 7.83. The van der Waals surface area contributed by atoms with Gasteiger partial charge in [-0.2, -0.15) is 0 Å². The van der Waals surface area contributed by atoms with Crippen molar-refractivity contribution in [2.75, 3.05) is 25.1 Å². The molecule has 0 radical (unpaired) electrons. The van der Waals surface area contributed by atoms with Gasteiger partial charge in [0.25, 0.3) is 5.91 Å². The fourth-order valence-electron chi connectivity index (χ4n) is 4.08. The van der Waals surface area contributed by atoms with E-state index in [2.05, 4.69) is 55.3 Å². The Balaban J connectivity index is 1.93. The van der Waals surface area contributed by atoms with Crippen molar-refractivity contribution in [3.05, 3.63) is 70.9 Å². The number of hydrogen-bond acceptors (Lipinski definition) is 4. The molecular formula is C24H27N3O2. The van der Waals surface area contributed by atoms with Crippen LogP contribution in [0.15, 0.2) is 64.8 Å². The standard InChI is InChI=1S/C24H27N3O2/c1-15(2)21-20-22(26-14-13-25-21)24(28)27(18-9-11-19(29-4)12-10-18)23(20)17-7-5-16(3)6-8-17/h5-12,15,23,25H,13-14H2,1-4H3. The van der Waals surface area contributed by atoms with Gasteiger partial charge >= 0.3 is 0 Å². The molecule has 0 aliphatic carbocycles. The number of aryl methyl sites for hydroxylation is 1. The van der Waals surface area contributed by atoms with Gasteiger partial charge in [0.1, 0.15) is 11.5 Å². The Kier molecular flexibility index (Phi) is 5.14. The van der Waals surface area contributed by atoms with Crippen LogP contribution in [-0.4, -0.2) is 31.8 Å². The summed E-state index contributed by atoms with van der Waals surface area (Å²) in [6, 6.07) is 15.9. The Morgan fingerprint density at radius 1 is 1.10 bits per heavy atom.